The second-order valence-corrected chi connectivity index (χ2v) is 8.93. The summed E-state index contributed by atoms with van der Waals surface area (Å²) in [6.45, 7) is 4.03. The van der Waals surface area contributed by atoms with Crippen LogP contribution in [0.15, 0.2) is 88.8 Å². The number of benzene rings is 3. The first-order valence-corrected chi connectivity index (χ1v) is 11.0. The van der Waals surface area contributed by atoms with Gasteiger partial charge in [-0.25, -0.2) is 8.42 Å². The summed E-state index contributed by atoms with van der Waals surface area (Å²) < 4.78 is 27.0. The van der Waals surface area contributed by atoms with Crippen LogP contribution in [0.2, 0.25) is 0 Å². The van der Waals surface area contributed by atoms with E-state index < -0.39 is 9.84 Å². The average molecular weight is 403 g/mol. The summed E-state index contributed by atoms with van der Waals surface area (Å²) in [6.07, 6.45) is 2.31. The summed E-state index contributed by atoms with van der Waals surface area (Å²) in [6, 6.07) is 22.5. The zero-order valence-corrected chi connectivity index (χ0v) is 17.2. The minimum atomic E-state index is -3.74. The van der Waals surface area contributed by atoms with Crippen LogP contribution in [0, 0.1) is 6.92 Å². The molecule has 0 amide bonds. The van der Waals surface area contributed by atoms with Crippen LogP contribution >= 0.6 is 0 Å². The standard InChI is InChI=1S/C24H22N2O2S/c1-3-18-10-12-20(13-11-18)29(27,28)23-16-25-22-14-9-17(2)15-21(22)24(23)26-19-7-5-4-6-8-19/h4-16H,3H2,1-2H3,(H,25,26). The third kappa shape index (κ3) is 3.74. The Morgan fingerprint density at radius 1 is 0.931 bits per heavy atom. The summed E-state index contributed by atoms with van der Waals surface area (Å²) in [5.41, 5.74) is 4.24. The van der Waals surface area contributed by atoms with Crippen molar-refractivity contribution in [1.82, 2.24) is 4.98 Å². The van der Waals surface area contributed by atoms with E-state index in [4.69, 9.17) is 0 Å². The molecule has 0 spiro atoms. The normalized spacial score (nSPS) is 11.5. The smallest absolute Gasteiger partial charge is 0.210 e. The maximum atomic E-state index is 13.5. The van der Waals surface area contributed by atoms with Crippen LogP contribution < -0.4 is 5.32 Å². The van der Waals surface area contributed by atoms with E-state index >= 15 is 0 Å². The number of aromatic nitrogens is 1. The molecule has 4 aromatic rings. The van der Waals surface area contributed by atoms with Gasteiger partial charge in [0.15, 0.2) is 0 Å². The summed E-state index contributed by atoms with van der Waals surface area (Å²) in [5.74, 6) is 0. The first kappa shape index (κ1) is 19.2. The lowest BCUT2D eigenvalue weighted by molar-refractivity contribution is 0.596. The molecule has 0 atom stereocenters. The molecule has 1 aromatic heterocycles. The third-order valence-corrected chi connectivity index (χ3v) is 6.74. The Bertz CT molecular complexity index is 1270. The number of nitrogens with one attached hydrogen (secondary N) is 1. The second kappa shape index (κ2) is 7.68. The quantitative estimate of drug-likeness (QED) is 0.466. The molecule has 4 rings (SSSR count). The monoisotopic (exact) mass is 402 g/mol. The zero-order chi connectivity index (χ0) is 20.4. The number of para-hydroxylation sites is 1. The van der Waals surface area contributed by atoms with Gasteiger partial charge >= 0.3 is 0 Å². The van der Waals surface area contributed by atoms with Gasteiger partial charge in [0.2, 0.25) is 9.84 Å². The van der Waals surface area contributed by atoms with Crippen molar-refractivity contribution in [3.05, 3.63) is 90.1 Å². The summed E-state index contributed by atoms with van der Waals surface area (Å²) >= 11 is 0. The summed E-state index contributed by atoms with van der Waals surface area (Å²) in [5, 5.41) is 4.10. The van der Waals surface area contributed by atoms with Gasteiger partial charge in [0.25, 0.3) is 0 Å². The molecule has 5 heteroatoms. The number of anilines is 2. The van der Waals surface area contributed by atoms with Crippen LogP contribution in [0.5, 0.6) is 0 Å². The molecule has 0 aliphatic rings. The molecule has 0 saturated carbocycles. The van der Waals surface area contributed by atoms with Crippen LogP contribution in [-0.4, -0.2) is 13.4 Å². The Labute approximate surface area is 171 Å². The lowest BCUT2D eigenvalue weighted by Crippen LogP contribution is -2.07. The lowest BCUT2D eigenvalue weighted by Gasteiger charge is -2.16. The number of sulfone groups is 1. The fourth-order valence-corrected chi connectivity index (χ4v) is 4.69. The maximum absolute atomic E-state index is 13.5. The Morgan fingerprint density at radius 2 is 1.66 bits per heavy atom. The van der Waals surface area contributed by atoms with E-state index in [1.807, 2.05) is 74.5 Å². The van der Waals surface area contributed by atoms with Crippen LogP contribution in [0.25, 0.3) is 10.9 Å². The van der Waals surface area contributed by atoms with Crippen molar-refractivity contribution in [3.8, 4) is 0 Å². The van der Waals surface area contributed by atoms with Crippen molar-refractivity contribution >= 4 is 32.1 Å². The largest absolute Gasteiger partial charge is 0.354 e. The Hall–Kier alpha value is -3.18. The number of hydrogen-bond donors (Lipinski definition) is 1. The zero-order valence-electron chi connectivity index (χ0n) is 16.4. The number of pyridine rings is 1. The predicted molar refractivity (Wildman–Crippen MR) is 117 cm³/mol. The highest BCUT2D eigenvalue weighted by Crippen LogP contribution is 2.35. The van der Waals surface area contributed by atoms with E-state index in [9.17, 15) is 8.42 Å². The first-order chi connectivity index (χ1) is 14.0. The Kier molecular flexibility index (Phi) is 5.07. The summed E-state index contributed by atoms with van der Waals surface area (Å²) in [4.78, 5) is 4.86. The molecule has 29 heavy (non-hydrogen) atoms. The van der Waals surface area contributed by atoms with Gasteiger partial charge in [-0.2, -0.15) is 0 Å². The lowest BCUT2D eigenvalue weighted by atomic mass is 10.1. The predicted octanol–water partition coefficient (Wildman–Crippen LogP) is 5.68. The van der Waals surface area contributed by atoms with Crippen molar-refractivity contribution in [2.75, 3.05) is 5.32 Å². The van der Waals surface area contributed by atoms with Gasteiger partial charge in [-0.1, -0.05) is 48.9 Å². The molecular weight excluding hydrogens is 380 g/mol. The van der Waals surface area contributed by atoms with Gasteiger partial charge in [0, 0.05) is 17.3 Å². The topological polar surface area (TPSA) is 59.1 Å². The van der Waals surface area contributed by atoms with Crippen molar-refractivity contribution in [3.63, 3.8) is 0 Å². The minimum absolute atomic E-state index is 0.170. The minimum Gasteiger partial charge on any atom is -0.354 e. The van der Waals surface area contributed by atoms with Crippen LogP contribution in [-0.2, 0) is 16.3 Å². The van der Waals surface area contributed by atoms with E-state index in [-0.39, 0.29) is 9.79 Å². The summed E-state index contributed by atoms with van der Waals surface area (Å²) in [7, 11) is -3.74. The average Bonchev–Trinajstić information content (AvgIpc) is 2.74. The number of nitrogens with zero attached hydrogens (tertiary/aromatic N) is 1. The maximum Gasteiger partial charge on any atom is 0.210 e. The molecular formula is C24H22N2O2S. The van der Waals surface area contributed by atoms with Gasteiger partial charge in [0.1, 0.15) is 4.90 Å². The van der Waals surface area contributed by atoms with Crippen LogP contribution in [0.4, 0.5) is 11.4 Å². The van der Waals surface area contributed by atoms with E-state index in [1.165, 1.54) is 6.20 Å². The number of hydrogen-bond acceptors (Lipinski definition) is 4. The molecule has 0 aliphatic carbocycles. The van der Waals surface area contributed by atoms with Crippen LogP contribution in [0.1, 0.15) is 18.1 Å². The van der Waals surface area contributed by atoms with Gasteiger partial charge in [-0.05, 0) is 55.3 Å². The highest BCUT2D eigenvalue weighted by molar-refractivity contribution is 7.91. The van der Waals surface area contributed by atoms with E-state index in [2.05, 4.69) is 10.3 Å². The highest BCUT2D eigenvalue weighted by atomic mass is 32.2. The number of rotatable bonds is 5. The van der Waals surface area contributed by atoms with Crippen LogP contribution in [0.3, 0.4) is 0 Å². The van der Waals surface area contributed by atoms with Gasteiger partial charge < -0.3 is 5.32 Å². The van der Waals surface area contributed by atoms with Crippen molar-refractivity contribution in [1.29, 1.82) is 0 Å². The molecule has 146 valence electrons. The fraction of sp³-hybridized carbons (Fsp3) is 0.125. The molecule has 0 radical (unpaired) electrons. The first-order valence-electron chi connectivity index (χ1n) is 9.54. The number of fused-ring (bicyclic) bond motifs is 1. The molecule has 1 heterocycles. The van der Waals surface area contributed by atoms with Crippen molar-refractivity contribution in [2.24, 2.45) is 0 Å². The van der Waals surface area contributed by atoms with Gasteiger partial charge in [0.05, 0.1) is 16.1 Å². The highest BCUT2D eigenvalue weighted by Gasteiger charge is 2.24. The SMILES string of the molecule is CCc1ccc(S(=O)(=O)c2cnc3ccc(C)cc3c2Nc2ccccc2)cc1. The van der Waals surface area contributed by atoms with Crippen molar-refractivity contribution < 1.29 is 8.42 Å². The molecule has 3 aromatic carbocycles. The molecule has 0 unspecified atom stereocenters. The van der Waals surface area contributed by atoms with Gasteiger partial charge in [-0.15, -0.1) is 0 Å². The third-order valence-electron chi connectivity index (χ3n) is 4.96. The Balaban J connectivity index is 1.94. The molecule has 0 bridgehead atoms. The molecule has 1 N–H and O–H groups in total. The second-order valence-electron chi connectivity index (χ2n) is 7.01. The van der Waals surface area contributed by atoms with E-state index in [0.29, 0.717) is 5.69 Å². The fourth-order valence-electron chi connectivity index (χ4n) is 3.32. The van der Waals surface area contributed by atoms with Crippen molar-refractivity contribution in [2.45, 2.75) is 30.1 Å². The molecule has 0 saturated heterocycles. The molecule has 4 nitrogen and oxygen atoms in total. The van der Waals surface area contributed by atoms with E-state index in [0.717, 1.165) is 34.1 Å². The van der Waals surface area contributed by atoms with Gasteiger partial charge in [-0.3, -0.25) is 4.98 Å². The van der Waals surface area contributed by atoms with E-state index in [1.54, 1.807) is 12.1 Å². The number of aryl methyl sites for hydroxylation is 2. The molecule has 0 aliphatic heterocycles. The Morgan fingerprint density at radius 3 is 2.34 bits per heavy atom. The molecule has 0 fully saturated rings.